The average molecular weight is 239 g/mol. The first-order valence-electron chi connectivity index (χ1n) is 2.12. The summed E-state index contributed by atoms with van der Waals surface area (Å²) in [5, 5.41) is 0. The standard InChI is InChI=1S/C5H8O2.Ba.2H/c1-4(6)3-5(2)7;;;/h3H2,1-2H3;;;. The van der Waals surface area contributed by atoms with Crippen LogP contribution in [0.2, 0.25) is 0 Å². The van der Waals surface area contributed by atoms with E-state index in [9.17, 15) is 9.59 Å². The molecule has 0 aliphatic rings. The number of rotatable bonds is 2. The van der Waals surface area contributed by atoms with E-state index in [1.165, 1.54) is 13.8 Å². The van der Waals surface area contributed by atoms with Gasteiger partial charge in [0.25, 0.3) is 0 Å². The summed E-state index contributed by atoms with van der Waals surface area (Å²) in [6.07, 6.45) is 0.0833. The Hall–Kier alpha value is 0.911. The quantitative estimate of drug-likeness (QED) is 0.487. The van der Waals surface area contributed by atoms with E-state index in [0.29, 0.717) is 0 Å². The van der Waals surface area contributed by atoms with E-state index >= 15 is 0 Å². The van der Waals surface area contributed by atoms with E-state index in [4.69, 9.17) is 0 Å². The van der Waals surface area contributed by atoms with Crippen LogP contribution in [0.5, 0.6) is 0 Å². The molecule has 0 saturated heterocycles. The first-order valence-corrected chi connectivity index (χ1v) is 2.12. The van der Waals surface area contributed by atoms with Gasteiger partial charge in [-0.3, -0.25) is 9.59 Å². The van der Waals surface area contributed by atoms with Crippen LogP contribution in [0.15, 0.2) is 0 Å². The van der Waals surface area contributed by atoms with Crippen LogP contribution in [0, 0.1) is 0 Å². The summed E-state index contributed by atoms with van der Waals surface area (Å²) in [6, 6.07) is 0. The molecule has 2 nitrogen and oxygen atoms in total. The van der Waals surface area contributed by atoms with E-state index < -0.39 is 0 Å². The minimum atomic E-state index is -0.0625. The summed E-state index contributed by atoms with van der Waals surface area (Å²) in [5.41, 5.74) is 0. The van der Waals surface area contributed by atoms with Crippen molar-refractivity contribution in [2.24, 2.45) is 0 Å². The van der Waals surface area contributed by atoms with Gasteiger partial charge in [0.15, 0.2) is 0 Å². The van der Waals surface area contributed by atoms with Crippen LogP contribution in [-0.2, 0) is 9.59 Å². The zero-order chi connectivity index (χ0) is 5.86. The third-order valence-electron chi connectivity index (χ3n) is 0.498. The molecule has 0 amide bonds. The average Bonchev–Trinajstić information content (AvgIpc) is 1.27. The van der Waals surface area contributed by atoms with Crippen molar-refractivity contribution in [3.05, 3.63) is 0 Å². The molecule has 0 heterocycles. The molecule has 0 rings (SSSR count). The van der Waals surface area contributed by atoms with Gasteiger partial charge in [0, 0.05) is 0 Å². The predicted octanol–water partition coefficient (Wildman–Crippen LogP) is -0.362. The summed E-state index contributed by atoms with van der Waals surface area (Å²) in [6.45, 7) is 2.81. The fraction of sp³-hybridized carbons (Fsp3) is 0.600. The first-order chi connectivity index (χ1) is 3.13. The van der Waals surface area contributed by atoms with Crippen molar-refractivity contribution >= 4 is 60.4 Å². The van der Waals surface area contributed by atoms with Gasteiger partial charge in [0.05, 0.1) is 6.42 Å². The van der Waals surface area contributed by atoms with E-state index in [1.54, 1.807) is 0 Å². The molecule has 0 aromatic heterocycles. The molecule has 3 heteroatoms. The molecule has 0 spiro atoms. The van der Waals surface area contributed by atoms with Gasteiger partial charge in [-0.15, -0.1) is 0 Å². The first kappa shape index (κ1) is 11.7. The summed E-state index contributed by atoms with van der Waals surface area (Å²) in [4.78, 5) is 20.1. The number of hydrogen-bond acceptors (Lipinski definition) is 2. The van der Waals surface area contributed by atoms with Crippen LogP contribution >= 0.6 is 0 Å². The second kappa shape index (κ2) is 6.04. The SMILES string of the molecule is CC(=O)CC(C)=O.[BaH2]. The van der Waals surface area contributed by atoms with Crippen molar-refractivity contribution in [3.63, 3.8) is 0 Å². The zero-order valence-corrected chi connectivity index (χ0v) is 4.52. The van der Waals surface area contributed by atoms with Gasteiger partial charge in [-0.05, 0) is 13.8 Å². The Morgan fingerprint density at radius 2 is 1.38 bits per heavy atom. The van der Waals surface area contributed by atoms with E-state index in [0.717, 1.165) is 0 Å². The van der Waals surface area contributed by atoms with Crippen LogP contribution in [0.4, 0.5) is 0 Å². The molecule has 0 bridgehead atoms. The van der Waals surface area contributed by atoms with Crippen molar-refractivity contribution in [2.45, 2.75) is 20.3 Å². The summed E-state index contributed by atoms with van der Waals surface area (Å²) >= 11 is 0. The monoisotopic (exact) mass is 240 g/mol. The van der Waals surface area contributed by atoms with Gasteiger partial charge < -0.3 is 0 Å². The Kier molecular flexibility index (Phi) is 8.81. The molecule has 0 aliphatic heterocycles. The number of Topliss-reactive ketones (excluding diaryl/α,β-unsaturated/α-hetero) is 2. The maximum atomic E-state index is 10.0. The minimum absolute atomic E-state index is 0. The molecule has 0 unspecified atom stereocenters. The van der Waals surface area contributed by atoms with E-state index in [-0.39, 0.29) is 66.9 Å². The topological polar surface area (TPSA) is 34.1 Å². The number of carbonyl (C=O) groups excluding carboxylic acids is 2. The van der Waals surface area contributed by atoms with E-state index in [1.807, 2.05) is 0 Å². The molecular formula is C5H10BaO2. The second-order valence-corrected chi connectivity index (χ2v) is 1.58. The van der Waals surface area contributed by atoms with Gasteiger partial charge in [-0.1, -0.05) is 0 Å². The van der Waals surface area contributed by atoms with Crippen molar-refractivity contribution in [1.82, 2.24) is 0 Å². The van der Waals surface area contributed by atoms with Crippen molar-refractivity contribution in [3.8, 4) is 0 Å². The summed E-state index contributed by atoms with van der Waals surface area (Å²) in [5.74, 6) is -0.125. The summed E-state index contributed by atoms with van der Waals surface area (Å²) in [7, 11) is 0. The molecule has 0 fully saturated rings. The van der Waals surface area contributed by atoms with Gasteiger partial charge in [-0.2, -0.15) is 0 Å². The van der Waals surface area contributed by atoms with Crippen LogP contribution in [0.1, 0.15) is 20.3 Å². The van der Waals surface area contributed by atoms with Gasteiger partial charge >= 0.3 is 48.9 Å². The fourth-order valence-electron chi connectivity index (χ4n) is 0.351. The molecule has 44 valence electrons. The Bertz CT molecular complexity index is 86.6. The van der Waals surface area contributed by atoms with Gasteiger partial charge in [0.2, 0.25) is 0 Å². The molecule has 0 saturated carbocycles. The van der Waals surface area contributed by atoms with Crippen LogP contribution in [0.25, 0.3) is 0 Å². The van der Waals surface area contributed by atoms with Crippen LogP contribution in [-0.4, -0.2) is 60.4 Å². The Morgan fingerprint density at radius 3 is 1.38 bits per heavy atom. The molecule has 0 aliphatic carbocycles. The number of carbonyl (C=O) groups is 2. The van der Waals surface area contributed by atoms with Crippen LogP contribution < -0.4 is 0 Å². The van der Waals surface area contributed by atoms with Gasteiger partial charge in [0.1, 0.15) is 11.6 Å². The third-order valence-corrected chi connectivity index (χ3v) is 0.498. The molecule has 0 atom stereocenters. The Balaban J connectivity index is 0. The molecule has 8 heavy (non-hydrogen) atoms. The molecule has 0 N–H and O–H groups in total. The van der Waals surface area contributed by atoms with E-state index in [2.05, 4.69) is 0 Å². The predicted molar refractivity (Wildman–Crippen MR) is 34.5 cm³/mol. The molecular weight excluding hydrogens is 229 g/mol. The number of hydrogen-bond donors (Lipinski definition) is 0. The fourth-order valence-corrected chi connectivity index (χ4v) is 0.351. The van der Waals surface area contributed by atoms with Crippen molar-refractivity contribution in [1.29, 1.82) is 0 Å². The van der Waals surface area contributed by atoms with Crippen LogP contribution in [0.3, 0.4) is 0 Å². The number of ketones is 2. The zero-order valence-electron chi connectivity index (χ0n) is 4.52. The maximum absolute atomic E-state index is 10.0. The molecule has 0 aromatic rings. The van der Waals surface area contributed by atoms with Crippen molar-refractivity contribution < 1.29 is 9.59 Å². The summed E-state index contributed by atoms with van der Waals surface area (Å²) < 4.78 is 0. The third kappa shape index (κ3) is 10.0. The Morgan fingerprint density at radius 1 is 1.12 bits per heavy atom. The molecule has 0 radical (unpaired) electrons. The second-order valence-electron chi connectivity index (χ2n) is 1.58. The molecule has 0 aromatic carbocycles. The Labute approximate surface area is 89.1 Å². The van der Waals surface area contributed by atoms with Crippen molar-refractivity contribution in [2.75, 3.05) is 0 Å². The van der Waals surface area contributed by atoms with Gasteiger partial charge in [-0.25, -0.2) is 0 Å². The normalized spacial score (nSPS) is 7.25.